The van der Waals surface area contributed by atoms with E-state index in [1.54, 1.807) is 32.4 Å². The summed E-state index contributed by atoms with van der Waals surface area (Å²) in [6.07, 6.45) is 7.35. The summed E-state index contributed by atoms with van der Waals surface area (Å²) in [4.78, 5) is 13.1. The number of allylic oxidation sites excluding steroid dienone is 1. The fraction of sp³-hybridized carbons (Fsp3) is 0.423. The quantitative estimate of drug-likeness (QED) is 0.515. The van der Waals surface area contributed by atoms with E-state index in [9.17, 15) is 4.79 Å². The van der Waals surface area contributed by atoms with Crippen LogP contribution in [0, 0.1) is 0 Å². The normalized spacial score (nSPS) is 18.9. The molecule has 0 radical (unpaired) electrons. The second kappa shape index (κ2) is 8.66. The molecule has 1 heterocycles. The first-order valence-corrected chi connectivity index (χ1v) is 11.0. The summed E-state index contributed by atoms with van der Waals surface area (Å²) in [7, 11) is 3.24. The second-order valence-corrected chi connectivity index (χ2v) is 8.99. The van der Waals surface area contributed by atoms with Crippen LogP contribution in [0.15, 0.2) is 42.5 Å². The van der Waals surface area contributed by atoms with Gasteiger partial charge >= 0.3 is 0 Å². The molecule has 1 fully saturated rings. The Morgan fingerprint density at radius 1 is 1.03 bits per heavy atom. The Labute approximate surface area is 184 Å². The Kier molecular flexibility index (Phi) is 5.94. The zero-order chi connectivity index (χ0) is 22.0. The van der Waals surface area contributed by atoms with Crippen molar-refractivity contribution in [1.82, 2.24) is 5.32 Å². The fourth-order valence-electron chi connectivity index (χ4n) is 4.56. The molecular formula is C26H31NO4. The number of hydrogen-bond donors (Lipinski definition) is 1. The molecular weight excluding hydrogens is 390 g/mol. The van der Waals surface area contributed by atoms with E-state index in [4.69, 9.17) is 14.2 Å². The molecule has 4 rings (SSSR count). The van der Waals surface area contributed by atoms with E-state index in [1.165, 1.54) is 12.8 Å². The van der Waals surface area contributed by atoms with Gasteiger partial charge in [-0.05, 0) is 75.8 Å². The molecule has 1 aliphatic heterocycles. The standard InChI is InChI=1S/C26H31NO4/c1-26(2)16-17-13-25(31-18-9-5-6-10-18)24(30-4)14-20(17)21(27-26)15-22(28)19-11-7-8-12-23(19)29-3/h7-8,11-15,18,27H,5-6,9-10,16H2,1-4H3/b21-15-. The van der Waals surface area contributed by atoms with E-state index in [0.717, 1.165) is 41.8 Å². The summed E-state index contributed by atoms with van der Waals surface area (Å²) >= 11 is 0. The molecule has 2 aromatic rings. The molecule has 0 unspecified atom stereocenters. The molecule has 5 heteroatoms. The molecule has 2 aliphatic rings. The third-order valence-electron chi connectivity index (χ3n) is 6.03. The third-order valence-corrected chi connectivity index (χ3v) is 6.03. The van der Waals surface area contributed by atoms with Crippen LogP contribution in [-0.4, -0.2) is 31.6 Å². The van der Waals surface area contributed by atoms with Crippen LogP contribution in [0.1, 0.15) is 61.0 Å². The van der Waals surface area contributed by atoms with Gasteiger partial charge < -0.3 is 19.5 Å². The minimum absolute atomic E-state index is 0.103. The van der Waals surface area contributed by atoms with Crippen molar-refractivity contribution >= 4 is 11.5 Å². The summed E-state index contributed by atoms with van der Waals surface area (Å²) in [5, 5.41) is 3.53. The third kappa shape index (κ3) is 4.55. The lowest BCUT2D eigenvalue weighted by molar-refractivity contribution is 0.104. The lowest BCUT2D eigenvalue weighted by atomic mass is 9.85. The number of rotatable bonds is 6. The molecule has 0 bridgehead atoms. The molecule has 0 aromatic heterocycles. The predicted octanol–water partition coefficient (Wildman–Crippen LogP) is 5.17. The summed E-state index contributed by atoms with van der Waals surface area (Å²) in [5.41, 5.74) is 3.25. The number of methoxy groups -OCH3 is 2. The number of carbonyl (C=O) groups is 1. The first kappa shape index (κ1) is 21.3. The Morgan fingerprint density at radius 2 is 1.74 bits per heavy atom. The number of ether oxygens (including phenoxy) is 3. The molecule has 1 saturated carbocycles. The predicted molar refractivity (Wildman–Crippen MR) is 122 cm³/mol. The second-order valence-electron chi connectivity index (χ2n) is 8.99. The average molecular weight is 422 g/mol. The minimum atomic E-state index is -0.195. The maximum atomic E-state index is 13.1. The zero-order valence-corrected chi connectivity index (χ0v) is 18.8. The highest BCUT2D eigenvalue weighted by molar-refractivity contribution is 6.10. The maximum Gasteiger partial charge on any atom is 0.191 e. The van der Waals surface area contributed by atoms with Gasteiger partial charge in [-0.15, -0.1) is 0 Å². The molecule has 0 atom stereocenters. The van der Waals surface area contributed by atoms with Crippen LogP contribution in [0.2, 0.25) is 0 Å². The zero-order valence-electron chi connectivity index (χ0n) is 18.8. The Balaban J connectivity index is 1.74. The van der Waals surface area contributed by atoms with Gasteiger partial charge in [-0.1, -0.05) is 12.1 Å². The maximum absolute atomic E-state index is 13.1. The fourth-order valence-corrected chi connectivity index (χ4v) is 4.56. The van der Waals surface area contributed by atoms with Gasteiger partial charge in [-0.3, -0.25) is 4.79 Å². The first-order chi connectivity index (χ1) is 14.9. The first-order valence-electron chi connectivity index (χ1n) is 11.0. The highest BCUT2D eigenvalue weighted by Crippen LogP contribution is 2.40. The molecule has 1 N–H and O–H groups in total. The number of hydrogen-bond acceptors (Lipinski definition) is 5. The van der Waals surface area contributed by atoms with Crippen LogP contribution in [-0.2, 0) is 6.42 Å². The topological polar surface area (TPSA) is 56.8 Å². The molecule has 2 aromatic carbocycles. The van der Waals surface area contributed by atoms with E-state index < -0.39 is 0 Å². The summed E-state index contributed by atoms with van der Waals surface area (Å²) in [6, 6.07) is 11.4. The minimum Gasteiger partial charge on any atom is -0.496 e. The molecule has 0 spiro atoms. The van der Waals surface area contributed by atoms with E-state index >= 15 is 0 Å². The van der Waals surface area contributed by atoms with Crippen molar-refractivity contribution in [3.8, 4) is 17.2 Å². The van der Waals surface area contributed by atoms with Crippen molar-refractivity contribution < 1.29 is 19.0 Å². The molecule has 0 amide bonds. The van der Waals surface area contributed by atoms with Gasteiger partial charge in [0.1, 0.15) is 5.75 Å². The highest BCUT2D eigenvalue weighted by Gasteiger charge is 2.30. The Bertz CT molecular complexity index is 1000. The van der Waals surface area contributed by atoms with Gasteiger partial charge in [0.2, 0.25) is 0 Å². The molecule has 31 heavy (non-hydrogen) atoms. The number of benzene rings is 2. The van der Waals surface area contributed by atoms with E-state index in [2.05, 4.69) is 25.2 Å². The van der Waals surface area contributed by atoms with Crippen LogP contribution in [0.25, 0.3) is 5.70 Å². The van der Waals surface area contributed by atoms with Crippen molar-refractivity contribution in [2.45, 2.75) is 57.6 Å². The van der Waals surface area contributed by atoms with Crippen LogP contribution < -0.4 is 19.5 Å². The van der Waals surface area contributed by atoms with E-state index in [0.29, 0.717) is 17.1 Å². The van der Waals surface area contributed by atoms with Gasteiger partial charge in [0.05, 0.1) is 25.9 Å². The number of carbonyl (C=O) groups excluding carboxylic acids is 1. The van der Waals surface area contributed by atoms with Crippen LogP contribution in [0.5, 0.6) is 17.2 Å². The lowest BCUT2D eigenvalue weighted by Gasteiger charge is -2.36. The van der Waals surface area contributed by atoms with Gasteiger partial charge in [0.15, 0.2) is 17.3 Å². The molecule has 164 valence electrons. The van der Waals surface area contributed by atoms with Gasteiger partial charge in [0, 0.05) is 22.9 Å². The SMILES string of the molecule is COc1cc2c(cc1OC1CCCC1)CC(C)(C)N/C2=C\C(=O)c1ccccc1OC. The Morgan fingerprint density at radius 3 is 2.45 bits per heavy atom. The summed E-state index contributed by atoms with van der Waals surface area (Å²) < 4.78 is 17.3. The van der Waals surface area contributed by atoms with Crippen LogP contribution in [0.4, 0.5) is 0 Å². The summed E-state index contributed by atoms with van der Waals surface area (Å²) in [5.74, 6) is 1.95. The van der Waals surface area contributed by atoms with Crippen molar-refractivity contribution in [1.29, 1.82) is 0 Å². The van der Waals surface area contributed by atoms with Crippen molar-refractivity contribution in [3.05, 3.63) is 59.2 Å². The van der Waals surface area contributed by atoms with E-state index in [-0.39, 0.29) is 17.4 Å². The van der Waals surface area contributed by atoms with Crippen molar-refractivity contribution in [3.63, 3.8) is 0 Å². The lowest BCUT2D eigenvalue weighted by Crippen LogP contribution is -2.43. The molecule has 1 aliphatic carbocycles. The smallest absolute Gasteiger partial charge is 0.191 e. The number of para-hydroxylation sites is 1. The number of nitrogens with one attached hydrogen (secondary N) is 1. The Hall–Kier alpha value is -2.95. The van der Waals surface area contributed by atoms with Crippen molar-refractivity contribution in [2.24, 2.45) is 0 Å². The monoisotopic (exact) mass is 421 g/mol. The average Bonchev–Trinajstić information content (AvgIpc) is 3.25. The molecule has 0 saturated heterocycles. The van der Waals surface area contributed by atoms with Crippen molar-refractivity contribution in [2.75, 3.05) is 14.2 Å². The number of ketones is 1. The summed E-state index contributed by atoms with van der Waals surface area (Å²) in [6.45, 7) is 4.28. The molecule has 5 nitrogen and oxygen atoms in total. The van der Waals surface area contributed by atoms with Crippen LogP contribution >= 0.6 is 0 Å². The van der Waals surface area contributed by atoms with E-state index in [1.807, 2.05) is 18.2 Å². The van der Waals surface area contributed by atoms with Gasteiger partial charge in [-0.25, -0.2) is 0 Å². The van der Waals surface area contributed by atoms with Crippen LogP contribution in [0.3, 0.4) is 0 Å². The van der Waals surface area contributed by atoms with Gasteiger partial charge in [0.25, 0.3) is 0 Å². The highest BCUT2D eigenvalue weighted by atomic mass is 16.5. The van der Waals surface area contributed by atoms with Gasteiger partial charge in [-0.2, -0.15) is 0 Å². The largest absolute Gasteiger partial charge is 0.496 e. The number of fused-ring (bicyclic) bond motifs is 1.